The lowest BCUT2D eigenvalue weighted by molar-refractivity contribution is 0.0672. The Kier molecular flexibility index (Phi) is 7.73. The number of aromatic nitrogens is 4. The topological polar surface area (TPSA) is 113 Å². The molecule has 0 spiro atoms. The second-order valence-electron chi connectivity index (χ2n) is 9.20. The van der Waals surface area contributed by atoms with E-state index in [9.17, 15) is 5.11 Å². The van der Waals surface area contributed by atoms with Gasteiger partial charge >= 0.3 is 0 Å². The van der Waals surface area contributed by atoms with Crippen LogP contribution in [0.1, 0.15) is 12.1 Å². The minimum absolute atomic E-state index is 0.235. The molecule has 3 aromatic rings. The summed E-state index contributed by atoms with van der Waals surface area (Å²) in [6.07, 6.45) is 7.86. The van der Waals surface area contributed by atoms with E-state index in [1.807, 2.05) is 55.4 Å². The van der Waals surface area contributed by atoms with Crippen LogP contribution >= 0.6 is 0 Å². The van der Waals surface area contributed by atoms with Crippen LogP contribution in [0.15, 0.2) is 53.9 Å². The third kappa shape index (κ3) is 6.31. The molecular formula is C26H32N8O3. The summed E-state index contributed by atoms with van der Waals surface area (Å²) in [6, 6.07) is 9.34. The number of rotatable bonds is 8. The molecule has 0 amide bonds. The van der Waals surface area contributed by atoms with Gasteiger partial charge in [0.05, 0.1) is 30.8 Å². The first-order valence-corrected chi connectivity index (χ1v) is 12.4. The first kappa shape index (κ1) is 24.9. The lowest BCUT2D eigenvalue weighted by atomic mass is 10.1. The fourth-order valence-electron chi connectivity index (χ4n) is 4.22. The Hall–Kier alpha value is -3.80. The van der Waals surface area contributed by atoms with Gasteiger partial charge in [-0.3, -0.25) is 0 Å². The minimum Gasteiger partial charge on any atom is -0.491 e. The number of hydrogen-bond acceptors (Lipinski definition) is 10. The van der Waals surface area contributed by atoms with E-state index in [0.29, 0.717) is 31.5 Å². The zero-order valence-corrected chi connectivity index (χ0v) is 21.1. The summed E-state index contributed by atoms with van der Waals surface area (Å²) < 4.78 is 11.1. The number of aliphatic hydroxyl groups excluding tert-OH is 1. The van der Waals surface area contributed by atoms with Crippen LogP contribution < -0.4 is 10.1 Å². The van der Waals surface area contributed by atoms with Crippen molar-refractivity contribution < 1.29 is 14.6 Å². The number of fused-ring (bicyclic) bond motifs is 1. The van der Waals surface area contributed by atoms with Gasteiger partial charge in [-0.15, -0.1) is 9.89 Å². The zero-order chi connectivity index (χ0) is 25.6. The van der Waals surface area contributed by atoms with Crippen molar-refractivity contribution in [3.05, 3.63) is 54.5 Å². The number of morpholine rings is 1. The molecule has 1 aromatic carbocycles. The Morgan fingerprint density at radius 3 is 2.76 bits per heavy atom. The molecule has 2 aromatic heterocycles. The van der Waals surface area contributed by atoms with Crippen LogP contribution in [0.3, 0.4) is 0 Å². The second kappa shape index (κ2) is 11.5. The van der Waals surface area contributed by atoms with Crippen molar-refractivity contribution in [2.75, 3.05) is 58.9 Å². The van der Waals surface area contributed by atoms with Gasteiger partial charge in [0.15, 0.2) is 0 Å². The fourth-order valence-corrected chi connectivity index (χ4v) is 4.22. The van der Waals surface area contributed by atoms with Crippen LogP contribution in [0.25, 0.3) is 17.3 Å². The number of hydrogen-bond donors (Lipinski definition) is 2. The van der Waals surface area contributed by atoms with Gasteiger partial charge in [0.25, 0.3) is 0 Å². The molecule has 2 aliphatic heterocycles. The van der Waals surface area contributed by atoms with Gasteiger partial charge in [0.1, 0.15) is 24.3 Å². The van der Waals surface area contributed by atoms with Gasteiger partial charge in [-0.05, 0) is 50.5 Å². The molecule has 11 heteroatoms. The Morgan fingerprint density at radius 1 is 1.16 bits per heavy atom. The molecule has 194 valence electrons. The van der Waals surface area contributed by atoms with Crippen LogP contribution in [0, 0.1) is 0 Å². The van der Waals surface area contributed by atoms with E-state index < -0.39 is 6.10 Å². The number of nitrogens with zero attached hydrogens (tertiary/aromatic N) is 7. The highest BCUT2D eigenvalue weighted by Gasteiger charge is 2.19. The Morgan fingerprint density at radius 2 is 1.97 bits per heavy atom. The van der Waals surface area contributed by atoms with Gasteiger partial charge in [0.2, 0.25) is 5.95 Å². The van der Waals surface area contributed by atoms with Crippen LogP contribution in [0.2, 0.25) is 0 Å². The van der Waals surface area contributed by atoms with Crippen molar-refractivity contribution in [1.82, 2.24) is 29.7 Å². The first-order chi connectivity index (χ1) is 18.0. The molecule has 1 atom stereocenters. The number of benzene rings is 1. The summed E-state index contributed by atoms with van der Waals surface area (Å²) >= 11 is 0. The Bertz CT molecular complexity index is 1250. The zero-order valence-electron chi connectivity index (χ0n) is 21.1. The number of amidine groups is 1. The van der Waals surface area contributed by atoms with Crippen molar-refractivity contribution >= 4 is 23.5 Å². The van der Waals surface area contributed by atoms with E-state index >= 15 is 0 Å². The van der Waals surface area contributed by atoms with Gasteiger partial charge in [-0.25, -0.2) is 9.97 Å². The summed E-state index contributed by atoms with van der Waals surface area (Å²) in [6.45, 7) is 3.88. The van der Waals surface area contributed by atoms with Gasteiger partial charge in [-0.1, -0.05) is 6.08 Å². The molecule has 1 fully saturated rings. The molecule has 11 nitrogen and oxygen atoms in total. The van der Waals surface area contributed by atoms with E-state index in [2.05, 4.69) is 26.4 Å². The van der Waals surface area contributed by atoms with E-state index in [0.717, 1.165) is 48.0 Å². The van der Waals surface area contributed by atoms with Crippen LogP contribution in [0.5, 0.6) is 5.75 Å². The van der Waals surface area contributed by atoms with Gasteiger partial charge < -0.3 is 29.7 Å². The largest absolute Gasteiger partial charge is 0.491 e. The van der Waals surface area contributed by atoms with Crippen molar-refractivity contribution in [3.63, 3.8) is 0 Å². The third-order valence-electron chi connectivity index (χ3n) is 6.01. The lowest BCUT2D eigenvalue weighted by Crippen LogP contribution is -2.40. The summed E-state index contributed by atoms with van der Waals surface area (Å²) in [5.74, 6) is 2.14. The molecule has 4 heterocycles. The standard InChI is InChI=1S/C26H32N8O3/c1-32(2)17-20(35)18-37-21-8-6-19(7-9-21)29-26-27-11-10-23(30-26)22-16-28-34-24(22)4-3-5-25(31-34)33-12-14-36-15-13-33/h3-4,6-11,16,20,35H,5,12-15,17-18H2,1-2H3,(H,27,29,30). The monoisotopic (exact) mass is 504 g/mol. The van der Waals surface area contributed by atoms with Crippen LogP contribution in [0.4, 0.5) is 11.6 Å². The van der Waals surface area contributed by atoms with E-state index in [1.165, 1.54) is 0 Å². The molecule has 2 N–H and O–H groups in total. The second-order valence-corrected chi connectivity index (χ2v) is 9.20. The molecule has 1 saturated heterocycles. The summed E-state index contributed by atoms with van der Waals surface area (Å²) in [4.78, 5) is 14.9. The van der Waals surface area contributed by atoms with Crippen molar-refractivity contribution in [3.8, 4) is 17.0 Å². The molecule has 1 unspecified atom stereocenters. The normalized spacial score (nSPS) is 16.2. The molecular weight excluding hydrogens is 472 g/mol. The molecule has 5 rings (SSSR count). The van der Waals surface area contributed by atoms with Gasteiger partial charge in [0, 0.05) is 43.5 Å². The number of likely N-dealkylation sites (N-methyl/N-ethyl adjacent to an activating group) is 1. The molecule has 37 heavy (non-hydrogen) atoms. The minimum atomic E-state index is -0.547. The molecule has 0 aliphatic carbocycles. The molecule has 0 saturated carbocycles. The number of ether oxygens (including phenoxy) is 2. The molecule has 0 radical (unpaired) electrons. The van der Waals surface area contributed by atoms with E-state index in [4.69, 9.17) is 19.6 Å². The average molecular weight is 505 g/mol. The highest BCUT2D eigenvalue weighted by Crippen LogP contribution is 2.26. The fraction of sp³-hybridized carbons (Fsp3) is 0.385. The SMILES string of the molecule is CN(C)CC(O)COc1ccc(Nc2nccc(-c3cnn4c3C=CCC(N3CCOCC3)=N4)n2)cc1. The maximum Gasteiger partial charge on any atom is 0.227 e. The Labute approximate surface area is 216 Å². The van der Waals surface area contributed by atoms with E-state index in [1.54, 1.807) is 17.2 Å². The number of aliphatic hydroxyl groups is 1. The van der Waals surface area contributed by atoms with Crippen LogP contribution in [-0.4, -0.2) is 100 Å². The maximum atomic E-state index is 9.98. The quantitative estimate of drug-likeness (QED) is 0.477. The maximum absolute atomic E-state index is 9.98. The predicted molar refractivity (Wildman–Crippen MR) is 142 cm³/mol. The summed E-state index contributed by atoms with van der Waals surface area (Å²) in [7, 11) is 3.83. The average Bonchev–Trinajstić information content (AvgIpc) is 3.18. The van der Waals surface area contributed by atoms with Crippen molar-refractivity contribution in [1.29, 1.82) is 0 Å². The van der Waals surface area contributed by atoms with E-state index in [-0.39, 0.29) is 6.61 Å². The molecule has 0 bridgehead atoms. The smallest absolute Gasteiger partial charge is 0.227 e. The highest BCUT2D eigenvalue weighted by molar-refractivity contribution is 5.86. The summed E-state index contributed by atoms with van der Waals surface area (Å²) in [5.41, 5.74) is 3.34. The predicted octanol–water partition coefficient (Wildman–Crippen LogP) is 2.30. The first-order valence-electron chi connectivity index (χ1n) is 12.4. The number of nitrogens with one attached hydrogen (secondary N) is 1. The van der Waals surface area contributed by atoms with Gasteiger partial charge in [-0.2, -0.15) is 5.10 Å². The lowest BCUT2D eigenvalue weighted by Gasteiger charge is -2.28. The third-order valence-corrected chi connectivity index (χ3v) is 6.01. The van der Waals surface area contributed by atoms with Crippen LogP contribution in [-0.2, 0) is 4.74 Å². The molecule has 2 aliphatic rings. The Balaban J connectivity index is 1.27. The summed E-state index contributed by atoms with van der Waals surface area (Å²) in [5, 5.41) is 22.5. The van der Waals surface area contributed by atoms with Crippen molar-refractivity contribution in [2.24, 2.45) is 5.10 Å². The highest BCUT2D eigenvalue weighted by atomic mass is 16.5. The number of anilines is 2. The van der Waals surface area contributed by atoms with Crippen molar-refractivity contribution in [2.45, 2.75) is 12.5 Å².